The lowest BCUT2D eigenvalue weighted by Crippen LogP contribution is -2.40. The van der Waals surface area contributed by atoms with E-state index in [0.717, 1.165) is 27.8 Å². The van der Waals surface area contributed by atoms with Gasteiger partial charge < -0.3 is 9.64 Å². The van der Waals surface area contributed by atoms with Gasteiger partial charge in [-0.05, 0) is 23.8 Å². The molecule has 1 aliphatic rings. The minimum atomic E-state index is 0.0292. The average molecular weight is 374 g/mol. The van der Waals surface area contributed by atoms with Crippen molar-refractivity contribution in [1.82, 2.24) is 30.3 Å². The second-order valence-electron chi connectivity index (χ2n) is 6.67. The molecule has 140 valence electrons. The summed E-state index contributed by atoms with van der Waals surface area (Å²) in [6.45, 7) is 2.42. The van der Waals surface area contributed by atoms with E-state index in [4.69, 9.17) is 4.74 Å². The number of carbonyl (C=O) groups excluding carboxylic acids is 1. The SMILES string of the molecule is O=C(c1cccc(-c2cnc3n[nH]c(-c4cn[nH]c4)c3c2)c1)N1CCOCC1. The van der Waals surface area contributed by atoms with Crippen molar-refractivity contribution in [2.45, 2.75) is 0 Å². The van der Waals surface area contributed by atoms with Crippen molar-refractivity contribution in [3.63, 3.8) is 0 Å². The standard InChI is InChI=1S/C20H18N6O2/c27-20(26-4-6-28-7-5-26)14-3-1-2-13(8-14)15-9-17-18(16-11-22-23-12-16)24-25-19(17)21-10-15/h1-3,8-12H,4-7H2,(H,22,23)(H,21,24,25). The van der Waals surface area contributed by atoms with E-state index in [9.17, 15) is 4.79 Å². The molecule has 4 aromatic rings. The van der Waals surface area contributed by atoms with Gasteiger partial charge >= 0.3 is 0 Å². The fraction of sp³-hybridized carbons (Fsp3) is 0.200. The van der Waals surface area contributed by atoms with Gasteiger partial charge in [0.25, 0.3) is 5.91 Å². The van der Waals surface area contributed by atoms with Crippen LogP contribution in [0.25, 0.3) is 33.4 Å². The third-order valence-electron chi connectivity index (χ3n) is 4.94. The van der Waals surface area contributed by atoms with Gasteiger partial charge in [0.2, 0.25) is 0 Å². The van der Waals surface area contributed by atoms with Crippen molar-refractivity contribution < 1.29 is 9.53 Å². The van der Waals surface area contributed by atoms with Gasteiger partial charge in [-0.25, -0.2) is 4.98 Å². The molecule has 0 spiro atoms. The molecule has 1 saturated heterocycles. The van der Waals surface area contributed by atoms with E-state index >= 15 is 0 Å². The maximum absolute atomic E-state index is 12.8. The van der Waals surface area contributed by atoms with Crippen LogP contribution in [0.1, 0.15) is 10.4 Å². The molecule has 0 bridgehead atoms. The second-order valence-corrected chi connectivity index (χ2v) is 6.67. The Labute approximate surface area is 160 Å². The van der Waals surface area contributed by atoms with Crippen molar-refractivity contribution >= 4 is 16.9 Å². The van der Waals surface area contributed by atoms with Crippen molar-refractivity contribution in [2.75, 3.05) is 26.3 Å². The Hall–Kier alpha value is -3.52. The first-order valence-corrected chi connectivity index (χ1v) is 9.10. The number of rotatable bonds is 3. The average Bonchev–Trinajstić information content (AvgIpc) is 3.43. The van der Waals surface area contributed by atoms with Crippen LogP contribution in [-0.2, 0) is 4.74 Å². The number of fused-ring (bicyclic) bond motifs is 1. The number of hydrogen-bond acceptors (Lipinski definition) is 5. The van der Waals surface area contributed by atoms with E-state index in [2.05, 4.69) is 25.4 Å². The Balaban J connectivity index is 1.51. The molecule has 0 radical (unpaired) electrons. The van der Waals surface area contributed by atoms with Crippen molar-refractivity contribution in [3.05, 3.63) is 54.5 Å². The molecule has 1 amide bonds. The largest absolute Gasteiger partial charge is 0.378 e. The molecule has 0 atom stereocenters. The highest BCUT2D eigenvalue weighted by molar-refractivity contribution is 5.96. The molecule has 8 nitrogen and oxygen atoms in total. The zero-order chi connectivity index (χ0) is 18.9. The van der Waals surface area contributed by atoms with E-state index in [-0.39, 0.29) is 5.91 Å². The summed E-state index contributed by atoms with van der Waals surface area (Å²) in [6, 6.07) is 9.68. The normalized spacial score (nSPS) is 14.5. The van der Waals surface area contributed by atoms with Crippen molar-refractivity contribution in [2.24, 2.45) is 0 Å². The van der Waals surface area contributed by atoms with Crippen LogP contribution in [-0.4, -0.2) is 62.5 Å². The Morgan fingerprint density at radius 2 is 1.96 bits per heavy atom. The third-order valence-corrected chi connectivity index (χ3v) is 4.94. The molecule has 1 fully saturated rings. The number of carbonyl (C=O) groups is 1. The van der Waals surface area contributed by atoms with E-state index in [0.29, 0.717) is 37.5 Å². The number of ether oxygens (including phenoxy) is 1. The number of morpholine rings is 1. The van der Waals surface area contributed by atoms with Gasteiger partial charge in [-0.2, -0.15) is 10.2 Å². The summed E-state index contributed by atoms with van der Waals surface area (Å²) in [5, 5.41) is 15.0. The van der Waals surface area contributed by atoms with Gasteiger partial charge in [-0.15, -0.1) is 0 Å². The van der Waals surface area contributed by atoms with Gasteiger partial charge in [0, 0.05) is 47.6 Å². The van der Waals surface area contributed by atoms with Crippen LogP contribution >= 0.6 is 0 Å². The van der Waals surface area contributed by atoms with Gasteiger partial charge in [-0.3, -0.25) is 15.0 Å². The van der Waals surface area contributed by atoms with Gasteiger partial charge in [-0.1, -0.05) is 12.1 Å². The smallest absolute Gasteiger partial charge is 0.254 e. The minimum absolute atomic E-state index is 0.0292. The zero-order valence-electron chi connectivity index (χ0n) is 15.1. The topological polar surface area (TPSA) is 99.8 Å². The molecule has 4 heterocycles. The number of aromatic nitrogens is 5. The molecule has 5 rings (SSSR count). The molecular formula is C20H18N6O2. The van der Waals surface area contributed by atoms with Crippen LogP contribution in [0.5, 0.6) is 0 Å². The summed E-state index contributed by atoms with van der Waals surface area (Å²) in [7, 11) is 0. The summed E-state index contributed by atoms with van der Waals surface area (Å²) >= 11 is 0. The quantitative estimate of drug-likeness (QED) is 0.574. The monoisotopic (exact) mass is 374 g/mol. The highest BCUT2D eigenvalue weighted by atomic mass is 16.5. The molecule has 8 heteroatoms. The number of aromatic amines is 2. The number of nitrogens with zero attached hydrogens (tertiary/aromatic N) is 4. The first-order chi connectivity index (χ1) is 13.8. The summed E-state index contributed by atoms with van der Waals surface area (Å²) < 4.78 is 5.34. The number of H-pyrrole nitrogens is 2. The molecule has 1 aliphatic heterocycles. The maximum Gasteiger partial charge on any atom is 0.254 e. The fourth-order valence-corrected chi connectivity index (χ4v) is 3.45. The maximum atomic E-state index is 12.8. The van der Waals surface area contributed by atoms with E-state index in [1.54, 1.807) is 18.6 Å². The number of hydrogen-bond donors (Lipinski definition) is 2. The molecule has 0 unspecified atom stereocenters. The predicted molar refractivity (Wildman–Crippen MR) is 104 cm³/mol. The summed E-state index contributed by atoms with van der Waals surface area (Å²) in [6.07, 6.45) is 5.32. The van der Waals surface area contributed by atoms with Crippen LogP contribution in [0.2, 0.25) is 0 Å². The summed E-state index contributed by atoms with van der Waals surface area (Å²) in [4.78, 5) is 19.1. The first kappa shape index (κ1) is 16.6. The third kappa shape index (κ3) is 2.93. The lowest BCUT2D eigenvalue weighted by atomic mass is 10.0. The van der Waals surface area contributed by atoms with E-state index < -0.39 is 0 Å². The highest BCUT2D eigenvalue weighted by Crippen LogP contribution is 2.29. The molecule has 2 N–H and O–H groups in total. The highest BCUT2D eigenvalue weighted by Gasteiger charge is 2.19. The lowest BCUT2D eigenvalue weighted by molar-refractivity contribution is 0.0303. The lowest BCUT2D eigenvalue weighted by Gasteiger charge is -2.27. The van der Waals surface area contributed by atoms with E-state index in [1.165, 1.54) is 0 Å². The second kappa shape index (κ2) is 6.90. The Morgan fingerprint density at radius 3 is 2.79 bits per heavy atom. The van der Waals surface area contributed by atoms with Crippen LogP contribution in [0.4, 0.5) is 0 Å². The molecule has 3 aromatic heterocycles. The minimum Gasteiger partial charge on any atom is -0.378 e. The van der Waals surface area contributed by atoms with Crippen LogP contribution < -0.4 is 0 Å². The van der Waals surface area contributed by atoms with Crippen molar-refractivity contribution in [3.8, 4) is 22.4 Å². The number of benzene rings is 1. The fourth-order valence-electron chi connectivity index (χ4n) is 3.45. The molecule has 0 saturated carbocycles. The number of pyridine rings is 1. The molecule has 1 aromatic carbocycles. The van der Waals surface area contributed by atoms with Crippen LogP contribution in [0, 0.1) is 0 Å². The summed E-state index contributed by atoms with van der Waals surface area (Å²) in [5.74, 6) is 0.0292. The van der Waals surface area contributed by atoms with E-state index in [1.807, 2.05) is 35.2 Å². The molecular weight excluding hydrogens is 356 g/mol. The molecule has 28 heavy (non-hydrogen) atoms. The summed E-state index contributed by atoms with van der Waals surface area (Å²) in [5.41, 5.74) is 4.95. The van der Waals surface area contributed by atoms with Gasteiger partial charge in [0.15, 0.2) is 5.65 Å². The predicted octanol–water partition coefficient (Wildman–Crippen LogP) is 2.49. The number of nitrogens with one attached hydrogen (secondary N) is 2. The Morgan fingerprint density at radius 1 is 1.07 bits per heavy atom. The van der Waals surface area contributed by atoms with Gasteiger partial charge in [0.1, 0.15) is 0 Å². The number of amides is 1. The van der Waals surface area contributed by atoms with Crippen LogP contribution in [0.3, 0.4) is 0 Å². The molecule has 0 aliphatic carbocycles. The first-order valence-electron chi connectivity index (χ1n) is 9.10. The van der Waals surface area contributed by atoms with Crippen LogP contribution in [0.15, 0.2) is 48.9 Å². The van der Waals surface area contributed by atoms with Crippen molar-refractivity contribution in [1.29, 1.82) is 0 Å². The Bertz CT molecular complexity index is 1130. The van der Waals surface area contributed by atoms with Gasteiger partial charge in [0.05, 0.1) is 25.1 Å². The Kier molecular flexibility index (Phi) is 4.10. The zero-order valence-corrected chi connectivity index (χ0v) is 15.1.